The van der Waals surface area contributed by atoms with Gasteiger partial charge in [-0.2, -0.15) is 9.97 Å². The highest BCUT2D eigenvalue weighted by atomic mass is 35.5. The molecule has 0 aromatic carbocycles. The first kappa shape index (κ1) is 14.0. The maximum Gasteiger partial charge on any atom is 0.303 e. The number of carbonyl (C=O) groups excluding carboxylic acids is 1. The van der Waals surface area contributed by atoms with E-state index in [0.717, 1.165) is 0 Å². The van der Waals surface area contributed by atoms with E-state index in [0.29, 0.717) is 27.6 Å². The molecule has 20 heavy (non-hydrogen) atoms. The molecule has 1 aliphatic heterocycles. The van der Waals surface area contributed by atoms with Crippen molar-refractivity contribution < 1.29 is 9.69 Å². The van der Waals surface area contributed by atoms with Gasteiger partial charge in [0.15, 0.2) is 11.2 Å². The van der Waals surface area contributed by atoms with Crippen molar-refractivity contribution >= 4 is 40.4 Å². The maximum atomic E-state index is 11.3. The second kappa shape index (κ2) is 5.68. The number of hydrogen-bond acceptors (Lipinski definition) is 5. The number of rotatable bonds is 2. The van der Waals surface area contributed by atoms with Crippen LogP contribution < -0.4 is 16.4 Å². The summed E-state index contributed by atoms with van der Waals surface area (Å²) in [6.07, 6.45) is 8.09. The number of primary amides is 1. The van der Waals surface area contributed by atoms with E-state index in [-0.39, 0.29) is 5.95 Å². The van der Waals surface area contributed by atoms with Crippen LogP contribution in [0.4, 0.5) is 11.8 Å². The van der Waals surface area contributed by atoms with Gasteiger partial charge in [-0.15, -0.1) is 11.6 Å². The number of halogens is 1. The number of nitrogens with two attached hydrogens (primary N) is 2. The van der Waals surface area contributed by atoms with E-state index in [1.165, 1.54) is 12.7 Å². The highest BCUT2D eigenvalue weighted by Crippen LogP contribution is 2.15. The number of aromatic nitrogens is 4. The Bertz CT molecular complexity index is 706. The lowest BCUT2D eigenvalue weighted by molar-refractivity contribution is -0.723. The van der Waals surface area contributed by atoms with E-state index in [2.05, 4.69) is 31.5 Å². The molecule has 104 valence electrons. The molecular weight excluding hydrogens is 282 g/mol. The summed E-state index contributed by atoms with van der Waals surface area (Å²) in [7, 11) is 0. The predicted molar refractivity (Wildman–Crippen MR) is 74.9 cm³/mol. The van der Waals surface area contributed by atoms with E-state index in [1.54, 1.807) is 18.4 Å². The van der Waals surface area contributed by atoms with Gasteiger partial charge in [0.2, 0.25) is 11.6 Å². The Morgan fingerprint density at radius 1 is 1.40 bits per heavy atom. The van der Waals surface area contributed by atoms with E-state index in [4.69, 9.17) is 11.5 Å². The Balaban J connectivity index is 0.000000704. The summed E-state index contributed by atoms with van der Waals surface area (Å²) in [6, 6.07) is 0. The van der Waals surface area contributed by atoms with Gasteiger partial charge in [0.25, 0.3) is 5.82 Å². The van der Waals surface area contributed by atoms with Crippen LogP contribution in [-0.2, 0) is 4.79 Å². The number of fused-ring (bicyclic) bond motifs is 1. The molecule has 0 saturated carbocycles. The molecule has 3 heterocycles. The summed E-state index contributed by atoms with van der Waals surface area (Å²) in [5.74, 6) is 0.106. The fraction of sp³-hybridized carbons (Fsp3) is 0.0909. The number of nitrogen functional groups attached to an aromatic ring is 1. The molecular formula is C11H13ClN7O+. The van der Waals surface area contributed by atoms with Crippen LogP contribution >= 0.6 is 11.6 Å². The van der Waals surface area contributed by atoms with Gasteiger partial charge >= 0.3 is 5.91 Å². The summed E-state index contributed by atoms with van der Waals surface area (Å²) in [4.78, 5) is 27.0. The fourth-order valence-electron chi connectivity index (χ4n) is 1.89. The van der Waals surface area contributed by atoms with Crippen molar-refractivity contribution in [3.63, 3.8) is 0 Å². The van der Waals surface area contributed by atoms with E-state index in [1.807, 2.05) is 0 Å². The van der Waals surface area contributed by atoms with Crippen LogP contribution in [0.1, 0.15) is 0 Å². The zero-order valence-electron chi connectivity index (χ0n) is 10.6. The molecule has 1 aliphatic rings. The van der Waals surface area contributed by atoms with E-state index >= 15 is 0 Å². The Morgan fingerprint density at radius 2 is 2.15 bits per heavy atom. The van der Waals surface area contributed by atoms with Crippen LogP contribution in [0.15, 0.2) is 30.4 Å². The quantitative estimate of drug-likeness (QED) is 0.539. The minimum atomic E-state index is -0.514. The number of aromatic amines is 1. The van der Waals surface area contributed by atoms with Gasteiger partial charge in [-0.25, -0.2) is 9.88 Å². The number of quaternary nitrogens is 1. The first-order valence-corrected chi connectivity index (χ1v) is 6.32. The van der Waals surface area contributed by atoms with Crippen LogP contribution in [0, 0.1) is 0 Å². The number of allylic oxidation sites excluding steroid dienone is 2. The second-order valence-corrected chi connectivity index (χ2v) is 3.75. The van der Waals surface area contributed by atoms with Crippen LogP contribution in [0.2, 0.25) is 0 Å². The Labute approximate surface area is 119 Å². The van der Waals surface area contributed by atoms with Crippen molar-refractivity contribution in [1.29, 1.82) is 0 Å². The van der Waals surface area contributed by atoms with Crippen LogP contribution in [0.5, 0.6) is 0 Å². The predicted octanol–water partition coefficient (Wildman–Crippen LogP) is -0.797. The van der Waals surface area contributed by atoms with E-state index < -0.39 is 5.91 Å². The van der Waals surface area contributed by atoms with Gasteiger partial charge in [0.05, 0.1) is 6.33 Å². The lowest BCUT2D eigenvalue weighted by Crippen LogP contribution is -3.01. The van der Waals surface area contributed by atoms with Gasteiger partial charge in [-0.1, -0.05) is 0 Å². The third-order valence-corrected chi connectivity index (χ3v) is 2.64. The number of anilines is 1. The third kappa shape index (κ3) is 2.33. The Hall–Kier alpha value is -2.45. The SMILES string of the molecule is CCl.NC(=O)C1=CC=C[NH+]1c1nc(N)nc2nc[nH]c12. The zero-order chi connectivity index (χ0) is 14.7. The highest BCUT2D eigenvalue weighted by molar-refractivity contribution is 6.15. The summed E-state index contributed by atoms with van der Waals surface area (Å²) >= 11 is 4.64. The molecule has 6 N–H and O–H groups in total. The normalized spacial score (nSPS) is 16.7. The number of H-pyrrole nitrogens is 1. The van der Waals surface area contributed by atoms with Crippen molar-refractivity contribution in [2.24, 2.45) is 5.73 Å². The molecule has 9 heteroatoms. The summed E-state index contributed by atoms with van der Waals surface area (Å²) < 4.78 is 0. The van der Waals surface area contributed by atoms with Gasteiger partial charge in [0.1, 0.15) is 6.20 Å². The van der Waals surface area contributed by atoms with Gasteiger partial charge in [0, 0.05) is 12.5 Å². The number of imidazole rings is 1. The lowest BCUT2D eigenvalue weighted by Gasteiger charge is -2.10. The standard InChI is InChI=1S/C10H9N7O.CH3Cl/c11-7(18)5-2-1-3-17(5)9-6-8(14-4-13-6)15-10(12)16-9;1-2/h1-4H,(H2,11,18)(H3,12,13,14,15,16);1H3/p+1. The van der Waals surface area contributed by atoms with Crippen molar-refractivity contribution in [1.82, 2.24) is 19.9 Å². The minimum absolute atomic E-state index is 0.0984. The third-order valence-electron chi connectivity index (χ3n) is 2.64. The monoisotopic (exact) mass is 294 g/mol. The van der Waals surface area contributed by atoms with Gasteiger partial charge in [-0.05, 0) is 6.08 Å². The molecule has 8 nitrogen and oxygen atoms in total. The first-order valence-electron chi connectivity index (χ1n) is 5.57. The molecule has 0 saturated heterocycles. The molecule has 0 spiro atoms. The lowest BCUT2D eigenvalue weighted by atomic mass is 10.3. The number of hydrogen-bond donors (Lipinski definition) is 4. The second-order valence-electron chi connectivity index (χ2n) is 3.75. The number of alkyl halides is 1. The number of carbonyl (C=O) groups is 1. The molecule has 3 rings (SSSR count). The van der Waals surface area contributed by atoms with Crippen molar-refractivity contribution in [2.75, 3.05) is 12.1 Å². The Morgan fingerprint density at radius 3 is 2.85 bits per heavy atom. The molecule has 1 atom stereocenters. The molecule has 2 aromatic heterocycles. The number of amides is 1. The summed E-state index contributed by atoms with van der Waals surface area (Å²) in [5, 5.41) is 0. The molecule has 1 amide bonds. The molecule has 0 fully saturated rings. The maximum absolute atomic E-state index is 11.3. The minimum Gasteiger partial charge on any atom is -0.368 e. The van der Waals surface area contributed by atoms with Gasteiger partial charge in [-0.3, -0.25) is 4.79 Å². The highest BCUT2D eigenvalue weighted by Gasteiger charge is 2.28. The van der Waals surface area contributed by atoms with Crippen LogP contribution in [0.25, 0.3) is 11.2 Å². The topological polar surface area (TPSA) is 128 Å². The van der Waals surface area contributed by atoms with Crippen LogP contribution in [0.3, 0.4) is 0 Å². The Kier molecular flexibility index (Phi) is 3.97. The van der Waals surface area contributed by atoms with E-state index in [9.17, 15) is 4.79 Å². The van der Waals surface area contributed by atoms with Crippen molar-refractivity contribution in [3.05, 3.63) is 30.4 Å². The van der Waals surface area contributed by atoms with Crippen LogP contribution in [-0.4, -0.2) is 32.2 Å². The van der Waals surface area contributed by atoms with Crippen molar-refractivity contribution in [3.8, 4) is 0 Å². The molecule has 0 aliphatic carbocycles. The van der Waals surface area contributed by atoms with Gasteiger partial charge < -0.3 is 16.5 Å². The first-order chi connectivity index (χ1) is 9.66. The largest absolute Gasteiger partial charge is 0.368 e. The number of nitrogens with one attached hydrogen (secondary N) is 2. The van der Waals surface area contributed by atoms with Crippen molar-refractivity contribution in [2.45, 2.75) is 0 Å². The fourth-order valence-corrected chi connectivity index (χ4v) is 1.89. The molecule has 1 unspecified atom stereocenters. The zero-order valence-corrected chi connectivity index (χ0v) is 11.3. The average Bonchev–Trinajstić information content (AvgIpc) is 3.08. The molecule has 0 bridgehead atoms. The summed E-state index contributed by atoms with van der Waals surface area (Å²) in [6.45, 7) is 0. The molecule has 0 radical (unpaired) electrons. The summed E-state index contributed by atoms with van der Waals surface area (Å²) in [5.41, 5.74) is 12.4. The molecule has 2 aromatic rings. The smallest absolute Gasteiger partial charge is 0.303 e. The number of nitrogens with zero attached hydrogens (tertiary/aromatic N) is 3. The average molecular weight is 295 g/mol.